The number of hydrogen-bond donors (Lipinski definition) is 0. The third-order valence-electron chi connectivity index (χ3n) is 2.47. The number of para-hydroxylation sites is 2. The molecule has 16 heavy (non-hydrogen) atoms. The van der Waals surface area contributed by atoms with Gasteiger partial charge in [0.1, 0.15) is 0 Å². The Hall–Kier alpha value is -1.11. The second-order valence-electron chi connectivity index (χ2n) is 3.46. The SMILES string of the molecule is F[Te]1(F)c2ccccc2Oc2ccccc21. The van der Waals surface area contributed by atoms with Crippen molar-refractivity contribution in [1.29, 1.82) is 0 Å². The molecule has 0 aliphatic carbocycles. The van der Waals surface area contributed by atoms with E-state index in [1.807, 2.05) is 0 Å². The van der Waals surface area contributed by atoms with E-state index in [0.717, 1.165) is 0 Å². The van der Waals surface area contributed by atoms with Crippen LogP contribution in [0.25, 0.3) is 0 Å². The van der Waals surface area contributed by atoms with E-state index < -0.39 is 19.3 Å². The van der Waals surface area contributed by atoms with Gasteiger partial charge in [-0.25, -0.2) is 0 Å². The number of rotatable bonds is 0. The molecule has 4 heteroatoms. The predicted molar refractivity (Wildman–Crippen MR) is 60.2 cm³/mol. The summed E-state index contributed by atoms with van der Waals surface area (Å²) in [5.74, 6) is 0.625. The van der Waals surface area contributed by atoms with Crippen LogP contribution in [0.1, 0.15) is 0 Å². The normalized spacial score (nSPS) is 17.9. The van der Waals surface area contributed by atoms with Crippen LogP contribution < -0.4 is 12.0 Å². The number of hydrogen-bond acceptors (Lipinski definition) is 1. The van der Waals surface area contributed by atoms with Gasteiger partial charge in [-0.05, 0) is 0 Å². The molecule has 1 nitrogen and oxygen atoms in total. The molecule has 0 atom stereocenters. The molecule has 0 bridgehead atoms. The zero-order chi connectivity index (χ0) is 11.2. The molecule has 0 spiro atoms. The summed E-state index contributed by atoms with van der Waals surface area (Å²) < 4.78 is 34.3. The van der Waals surface area contributed by atoms with E-state index in [9.17, 15) is 5.78 Å². The zero-order valence-electron chi connectivity index (χ0n) is 8.19. The Morgan fingerprint density at radius 3 is 1.69 bits per heavy atom. The van der Waals surface area contributed by atoms with Crippen LogP contribution in [0.15, 0.2) is 48.5 Å². The fourth-order valence-corrected chi connectivity index (χ4v) is 5.90. The molecule has 0 amide bonds. The van der Waals surface area contributed by atoms with Gasteiger partial charge in [-0.15, -0.1) is 0 Å². The molecule has 0 saturated carbocycles. The van der Waals surface area contributed by atoms with Crippen LogP contribution in [0, 0.1) is 0 Å². The molecule has 1 heterocycles. The van der Waals surface area contributed by atoms with Gasteiger partial charge >= 0.3 is 97.1 Å². The summed E-state index contributed by atoms with van der Waals surface area (Å²) in [5.41, 5.74) is 0. The van der Waals surface area contributed by atoms with E-state index in [1.165, 1.54) is 12.1 Å². The minimum atomic E-state index is -5.14. The first-order chi connectivity index (χ1) is 7.69. The summed E-state index contributed by atoms with van der Waals surface area (Å²) in [7, 11) is 0. The van der Waals surface area contributed by atoms with Crippen molar-refractivity contribution < 1.29 is 10.5 Å². The molecule has 0 N–H and O–H groups in total. The average molecular weight is 334 g/mol. The molecule has 0 saturated heterocycles. The van der Waals surface area contributed by atoms with Crippen molar-refractivity contribution in [2.45, 2.75) is 0 Å². The molecule has 0 radical (unpaired) electrons. The molecule has 0 aromatic heterocycles. The Labute approximate surface area is 97.0 Å². The number of ether oxygens (including phenoxy) is 1. The van der Waals surface area contributed by atoms with Crippen LogP contribution in [-0.2, 0) is 0 Å². The van der Waals surface area contributed by atoms with E-state index in [-0.39, 0.29) is 7.22 Å². The predicted octanol–water partition coefficient (Wildman–Crippen LogP) is 2.29. The van der Waals surface area contributed by atoms with Crippen LogP contribution in [0.5, 0.6) is 11.5 Å². The Balaban J connectivity index is 2.28. The number of fused-ring (bicyclic) bond motifs is 2. The van der Waals surface area contributed by atoms with Crippen LogP contribution in [0.4, 0.5) is 5.78 Å². The molecule has 1 aliphatic heterocycles. The first-order valence-corrected chi connectivity index (χ1v) is 8.87. The first-order valence-electron chi connectivity index (χ1n) is 4.78. The van der Waals surface area contributed by atoms with E-state index in [4.69, 9.17) is 4.74 Å². The second kappa shape index (κ2) is 3.44. The topological polar surface area (TPSA) is 9.23 Å². The maximum absolute atomic E-state index is 14.3. The second-order valence-corrected chi connectivity index (χ2v) is 8.65. The maximum atomic E-state index is 14.3. The van der Waals surface area contributed by atoms with Gasteiger partial charge in [0, 0.05) is 0 Å². The van der Waals surface area contributed by atoms with Crippen molar-refractivity contribution in [3.05, 3.63) is 48.5 Å². The Kier molecular flexibility index (Phi) is 2.17. The van der Waals surface area contributed by atoms with Gasteiger partial charge in [0.15, 0.2) is 0 Å². The first kappa shape index (κ1) is 10.1. The fourth-order valence-electron chi connectivity index (χ4n) is 1.73. The van der Waals surface area contributed by atoms with Gasteiger partial charge in [0.25, 0.3) is 0 Å². The van der Waals surface area contributed by atoms with Crippen molar-refractivity contribution in [3.63, 3.8) is 0 Å². The van der Waals surface area contributed by atoms with Crippen LogP contribution in [0.3, 0.4) is 0 Å². The van der Waals surface area contributed by atoms with Crippen molar-refractivity contribution in [2.24, 2.45) is 0 Å². The molecular formula is C12H8F2OTe. The third-order valence-corrected chi connectivity index (χ3v) is 7.55. The minimum absolute atomic E-state index is 0.115. The Bertz CT molecular complexity index is 507. The van der Waals surface area contributed by atoms with Crippen LogP contribution >= 0.6 is 0 Å². The summed E-state index contributed by atoms with van der Waals surface area (Å²) in [4.78, 5) is 0. The zero-order valence-corrected chi connectivity index (χ0v) is 10.5. The number of benzene rings is 2. The van der Waals surface area contributed by atoms with Crippen molar-refractivity contribution in [1.82, 2.24) is 0 Å². The summed E-state index contributed by atoms with van der Waals surface area (Å²) >= 11 is -5.14. The van der Waals surface area contributed by atoms with Gasteiger partial charge in [-0.3, -0.25) is 0 Å². The Morgan fingerprint density at radius 2 is 1.19 bits per heavy atom. The standard InChI is InChI=1S/C12H8F2OTe/c13-16(14)11-7-3-1-5-9(11)15-10-6-2-4-8-12(10)16/h1-8H. The van der Waals surface area contributed by atoms with Crippen LogP contribution in [0.2, 0.25) is 0 Å². The summed E-state index contributed by atoms with van der Waals surface area (Å²) in [6.45, 7) is 0. The fraction of sp³-hybridized carbons (Fsp3) is 0. The molecule has 1 aliphatic rings. The van der Waals surface area contributed by atoms with Gasteiger partial charge in [0.2, 0.25) is 0 Å². The monoisotopic (exact) mass is 336 g/mol. The van der Waals surface area contributed by atoms with Gasteiger partial charge in [-0.1, -0.05) is 0 Å². The summed E-state index contributed by atoms with van der Waals surface area (Å²) in [6, 6.07) is 12.9. The molecule has 2 aromatic rings. The van der Waals surface area contributed by atoms with E-state index in [2.05, 4.69) is 0 Å². The summed E-state index contributed by atoms with van der Waals surface area (Å²) in [6.07, 6.45) is 0. The van der Waals surface area contributed by atoms with Crippen LogP contribution in [-0.4, -0.2) is 19.3 Å². The molecule has 0 unspecified atom stereocenters. The van der Waals surface area contributed by atoms with Gasteiger partial charge in [-0.2, -0.15) is 0 Å². The van der Waals surface area contributed by atoms with Crippen molar-refractivity contribution in [2.75, 3.05) is 0 Å². The summed E-state index contributed by atoms with van der Waals surface area (Å²) in [5, 5.41) is 0. The molecule has 3 rings (SSSR count). The van der Waals surface area contributed by atoms with E-state index in [0.29, 0.717) is 11.5 Å². The molecule has 0 fully saturated rings. The van der Waals surface area contributed by atoms with E-state index >= 15 is 0 Å². The van der Waals surface area contributed by atoms with Gasteiger partial charge in [0.05, 0.1) is 0 Å². The Morgan fingerprint density at radius 1 is 0.750 bits per heavy atom. The quantitative estimate of drug-likeness (QED) is 0.672. The van der Waals surface area contributed by atoms with E-state index in [1.54, 1.807) is 36.4 Å². The van der Waals surface area contributed by atoms with Gasteiger partial charge < -0.3 is 0 Å². The molecular weight excluding hydrogens is 326 g/mol. The average Bonchev–Trinajstić information content (AvgIpc) is 2.29. The molecule has 82 valence electrons. The third kappa shape index (κ3) is 1.34. The van der Waals surface area contributed by atoms with Crippen molar-refractivity contribution in [3.8, 4) is 11.5 Å². The molecule has 2 aromatic carbocycles. The van der Waals surface area contributed by atoms with Crippen molar-refractivity contribution >= 4 is 26.5 Å². The number of halogens is 2.